The van der Waals surface area contributed by atoms with Crippen LogP contribution in [-0.4, -0.2) is 25.2 Å². The number of rotatable bonds is 8. The van der Waals surface area contributed by atoms with E-state index in [4.69, 9.17) is 26.4 Å². The molecule has 1 heterocycles. The first-order valence-electron chi connectivity index (χ1n) is 11.2. The second-order valence-electron chi connectivity index (χ2n) is 8.08. The molecule has 0 radical (unpaired) electrons. The fraction of sp³-hybridized carbons (Fsp3) is 0.185. The molecule has 0 saturated carbocycles. The van der Waals surface area contributed by atoms with E-state index in [2.05, 4.69) is 16.0 Å². The van der Waals surface area contributed by atoms with Gasteiger partial charge in [0.1, 0.15) is 29.7 Å². The minimum absolute atomic E-state index is 0.279. The van der Waals surface area contributed by atoms with E-state index in [1.54, 1.807) is 44.4 Å². The maximum absolute atomic E-state index is 13.5. The fourth-order valence-corrected chi connectivity index (χ4v) is 4.14. The van der Waals surface area contributed by atoms with E-state index in [1.165, 1.54) is 19.2 Å². The molecule has 7 nitrogen and oxygen atoms in total. The fourth-order valence-electron chi connectivity index (χ4n) is 3.87. The average Bonchev–Trinajstić information content (AvgIpc) is 2.88. The Hall–Kier alpha value is -4.11. The van der Waals surface area contributed by atoms with Crippen LogP contribution in [0.5, 0.6) is 17.2 Å². The molecule has 3 aromatic carbocycles. The van der Waals surface area contributed by atoms with E-state index < -0.39 is 6.04 Å². The molecule has 186 valence electrons. The number of carbonyl (C=O) groups excluding carboxylic acids is 1. The Morgan fingerprint density at radius 3 is 2.53 bits per heavy atom. The second kappa shape index (κ2) is 11.1. The van der Waals surface area contributed by atoms with Gasteiger partial charge in [0.2, 0.25) is 0 Å². The van der Waals surface area contributed by atoms with Gasteiger partial charge in [0, 0.05) is 11.8 Å². The van der Waals surface area contributed by atoms with Crippen LogP contribution in [0.2, 0.25) is 0 Å². The molecule has 4 rings (SSSR count). The number of amides is 1. The molecule has 1 aliphatic heterocycles. The summed E-state index contributed by atoms with van der Waals surface area (Å²) in [5.74, 6) is 1.08. The zero-order chi connectivity index (χ0) is 25.7. The quantitative estimate of drug-likeness (QED) is 0.376. The van der Waals surface area contributed by atoms with E-state index in [9.17, 15) is 9.18 Å². The van der Waals surface area contributed by atoms with Gasteiger partial charge in [0.05, 0.1) is 31.5 Å². The smallest absolute Gasteiger partial charge is 0.255 e. The molecule has 1 atom stereocenters. The third-order valence-corrected chi connectivity index (χ3v) is 5.90. The van der Waals surface area contributed by atoms with Crippen LogP contribution in [0.25, 0.3) is 0 Å². The molecule has 0 aromatic heterocycles. The molecule has 0 saturated heterocycles. The SMILES string of the molecule is COc1ccc(NC(=O)C2=C(C)NC(=S)NC2c2cccc(OCc3ccc(F)cc3)c2)c(OC)c1. The summed E-state index contributed by atoms with van der Waals surface area (Å²) in [5.41, 5.74) is 3.24. The van der Waals surface area contributed by atoms with Crippen molar-refractivity contribution < 1.29 is 23.4 Å². The summed E-state index contributed by atoms with van der Waals surface area (Å²) < 4.78 is 29.7. The molecular weight excluding hydrogens is 481 g/mol. The number of hydrogen-bond acceptors (Lipinski definition) is 5. The number of halogens is 1. The molecule has 0 aliphatic carbocycles. The third kappa shape index (κ3) is 5.75. The predicted molar refractivity (Wildman–Crippen MR) is 140 cm³/mol. The van der Waals surface area contributed by atoms with Gasteiger partial charge in [0.25, 0.3) is 5.91 Å². The molecule has 1 aliphatic rings. The van der Waals surface area contributed by atoms with Gasteiger partial charge in [-0.05, 0) is 66.7 Å². The highest BCUT2D eigenvalue weighted by Gasteiger charge is 2.30. The number of hydrogen-bond donors (Lipinski definition) is 3. The Morgan fingerprint density at radius 1 is 1.03 bits per heavy atom. The van der Waals surface area contributed by atoms with Crippen molar-refractivity contribution in [1.82, 2.24) is 10.6 Å². The molecule has 1 amide bonds. The molecule has 9 heteroatoms. The van der Waals surface area contributed by atoms with E-state index in [0.717, 1.165) is 11.1 Å². The zero-order valence-corrected chi connectivity index (χ0v) is 20.9. The minimum atomic E-state index is -0.516. The molecule has 0 bridgehead atoms. The number of carbonyl (C=O) groups is 1. The van der Waals surface area contributed by atoms with Crippen molar-refractivity contribution in [2.45, 2.75) is 19.6 Å². The first-order valence-corrected chi connectivity index (χ1v) is 11.6. The van der Waals surface area contributed by atoms with Gasteiger partial charge in [-0.25, -0.2) is 4.39 Å². The lowest BCUT2D eigenvalue weighted by atomic mass is 9.94. The summed E-state index contributed by atoms with van der Waals surface area (Å²) in [6.45, 7) is 2.08. The van der Waals surface area contributed by atoms with Gasteiger partial charge in [0.15, 0.2) is 5.11 Å². The van der Waals surface area contributed by atoms with Crippen molar-refractivity contribution in [2.24, 2.45) is 0 Å². The number of ether oxygens (including phenoxy) is 3. The van der Waals surface area contributed by atoms with Crippen LogP contribution in [0, 0.1) is 5.82 Å². The van der Waals surface area contributed by atoms with Crippen LogP contribution < -0.4 is 30.2 Å². The number of methoxy groups -OCH3 is 2. The summed E-state index contributed by atoms with van der Waals surface area (Å²) in [7, 11) is 3.09. The number of anilines is 1. The van der Waals surface area contributed by atoms with E-state index in [1.807, 2.05) is 24.3 Å². The largest absolute Gasteiger partial charge is 0.497 e. The summed E-state index contributed by atoms with van der Waals surface area (Å²) in [5, 5.41) is 9.56. The maximum atomic E-state index is 13.5. The molecule has 1 unspecified atom stereocenters. The highest BCUT2D eigenvalue weighted by Crippen LogP contribution is 2.33. The third-order valence-electron chi connectivity index (χ3n) is 5.68. The van der Waals surface area contributed by atoms with Gasteiger partial charge < -0.3 is 30.2 Å². The van der Waals surface area contributed by atoms with Crippen molar-refractivity contribution >= 4 is 28.9 Å². The highest BCUT2D eigenvalue weighted by atomic mass is 32.1. The van der Waals surface area contributed by atoms with E-state index in [-0.39, 0.29) is 18.3 Å². The van der Waals surface area contributed by atoms with Crippen LogP contribution in [0.4, 0.5) is 10.1 Å². The Morgan fingerprint density at radius 2 is 1.81 bits per heavy atom. The summed E-state index contributed by atoms with van der Waals surface area (Å²) >= 11 is 5.37. The van der Waals surface area contributed by atoms with E-state index >= 15 is 0 Å². The molecule has 0 fully saturated rings. The van der Waals surface area contributed by atoms with Crippen LogP contribution >= 0.6 is 12.2 Å². The lowest BCUT2D eigenvalue weighted by Gasteiger charge is -2.30. The molecule has 3 N–H and O–H groups in total. The van der Waals surface area contributed by atoms with Crippen molar-refractivity contribution in [2.75, 3.05) is 19.5 Å². The van der Waals surface area contributed by atoms with Crippen LogP contribution in [0.1, 0.15) is 24.1 Å². The molecule has 3 aromatic rings. The average molecular weight is 508 g/mol. The highest BCUT2D eigenvalue weighted by molar-refractivity contribution is 7.80. The van der Waals surface area contributed by atoms with Crippen LogP contribution in [0.15, 0.2) is 78.0 Å². The molecule has 36 heavy (non-hydrogen) atoms. The monoisotopic (exact) mass is 507 g/mol. The Balaban J connectivity index is 1.58. The Bertz CT molecular complexity index is 1310. The Labute approximate surface area is 214 Å². The lowest BCUT2D eigenvalue weighted by molar-refractivity contribution is -0.113. The summed E-state index contributed by atoms with van der Waals surface area (Å²) in [6.07, 6.45) is 0. The minimum Gasteiger partial charge on any atom is -0.497 e. The van der Waals surface area contributed by atoms with E-state index in [0.29, 0.717) is 39.3 Å². The van der Waals surface area contributed by atoms with Crippen molar-refractivity contribution in [3.05, 3.63) is 94.9 Å². The molecular formula is C27H26FN3O4S. The maximum Gasteiger partial charge on any atom is 0.255 e. The second-order valence-corrected chi connectivity index (χ2v) is 8.49. The van der Waals surface area contributed by atoms with Gasteiger partial charge >= 0.3 is 0 Å². The molecule has 0 spiro atoms. The lowest BCUT2D eigenvalue weighted by Crippen LogP contribution is -2.45. The number of allylic oxidation sites excluding steroid dienone is 1. The van der Waals surface area contributed by atoms with Gasteiger partial charge in [-0.2, -0.15) is 0 Å². The number of nitrogens with one attached hydrogen (secondary N) is 3. The predicted octanol–water partition coefficient (Wildman–Crippen LogP) is 4.85. The zero-order valence-electron chi connectivity index (χ0n) is 20.1. The van der Waals surface area contributed by atoms with Gasteiger partial charge in [-0.15, -0.1) is 0 Å². The first kappa shape index (κ1) is 25.0. The first-order chi connectivity index (χ1) is 17.4. The topological polar surface area (TPSA) is 80.9 Å². The number of benzene rings is 3. The standard InChI is InChI=1S/C27H26FN3O4S/c1-16-24(26(32)30-22-12-11-20(33-2)14-23(22)34-3)25(31-27(36)29-16)18-5-4-6-21(13-18)35-15-17-7-9-19(28)10-8-17/h4-14,25H,15H2,1-3H3,(H,30,32)(H2,29,31,36). The van der Waals surface area contributed by atoms with Crippen LogP contribution in [0.3, 0.4) is 0 Å². The normalized spacial score (nSPS) is 15.0. The van der Waals surface area contributed by atoms with Crippen molar-refractivity contribution in [3.8, 4) is 17.2 Å². The van der Waals surface area contributed by atoms with Gasteiger partial charge in [-0.3, -0.25) is 4.79 Å². The van der Waals surface area contributed by atoms with Crippen molar-refractivity contribution in [1.29, 1.82) is 0 Å². The number of thiocarbonyl (C=S) groups is 1. The Kier molecular flexibility index (Phi) is 7.70. The van der Waals surface area contributed by atoms with Crippen LogP contribution in [-0.2, 0) is 11.4 Å². The van der Waals surface area contributed by atoms with Crippen molar-refractivity contribution in [3.63, 3.8) is 0 Å². The summed E-state index contributed by atoms with van der Waals surface area (Å²) in [4.78, 5) is 13.5. The van der Waals surface area contributed by atoms with Gasteiger partial charge in [-0.1, -0.05) is 24.3 Å². The summed E-state index contributed by atoms with van der Waals surface area (Å²) in [6, 6.07) is 18.2.